The molecule has 0 atom stereocenters. The summed E-state index contributed by atoms with van der Waals surface area (Å²) in [7, 11) is 0. The van der Waals surface area contributed by atoms with Crippen molar-refractivity contribution in [3.05, 3.63) is 156 Å². The average molecular weight is 573 g/mol. The molecule has 0 bridgehead atoms. The largest absolute Gasteiger partial charge is 0.0616 e. The SMILES string of the molecule is Cc1ccc2c(c1)cc(-c1cc3c(cc1C)c(-c1cc4c(ccc5ccccc54)cc1C)cc1ccccc13)c1ccccc12. The van der Waals surface area contributed by atoms with Crippen LogP contribution in [0.4, 0.5) is 0 Å². The van der Waals surface area contributed by atoms with Crippen molar-refractivity contribution in [1.29, 1.82) is 0 Å². The fourth-order valence-corrected chi connectivity index (χ4v) is 7.68. The lowest BCUT2D eigenvalue weighted by molar-refractivity contribution is 1.48. The van der Waals surface area contributed by atoms with Gasteiger partial charge < -0.3 is 0 Å². The molecule has 0 fully saturated rings. The molecule has 0 unspecified atom stereocenters. The van der Waals surface area contributed by atoms with E-state index in [1.165, 1.54) is 104 Å². The van der Waals surface area contributed by atoms with Crippen LogP contribution in [0.3, 0.4) is 0 Å². The van der Waals surface area contributed by atoms with Crippen LogP contribution in [-0.4, -0.2) is 0 Å². The zero-order chi connectivity index (χ0) is 30.2. The molecule has 9 aromatic carbocycles. The maximum Gasteiger partial charge on any atom is -0.00928 e. The van der Waals surface area contributed by atoms with Crippen LogP contribution < -0.4 is 0 Å². The summed E-state index contributed by atoms with van der Waals surface area (Å²) < 4.78 is 0. The smallest absolute Gasteiger partial charge is 0.00928 e. The second-order valence-electron chi connectivity index (χ2n) is 12.7. The molecule has 0 nitrogen and oxygen atoms in total. The van der Waals surface area contributed by atoms with E-state index in [4.69, 9.17) is 0 Å². The lowest BCUT2D eigenvalue weighted by Gasteiger charge is -2.18. The molecule has 0 saturated heterocycles. The molecular formula is C45H32. The monoisotopic (exact) mass is 572 g/mol. The lowest BCUT2D eigenvalue weighted by Crippen LogP contribution is -1.93. The molecule has 9 aromatic rings. The van der Waals surface area contributed by atoms with Gasteiger partial charge in [-0.1, -0.05) is 121 Å². The van der Waals surface area contributed by atoms with E-state index in [0.29, 0.717) is 0 Å². The lowest BCUT2D eigenvalue weighted by atomic mass is 9.85. The van der Waals surface area contributed by atoms with Crippen LogP contribution in [-0.2, 0) is 0 Å². The molecule has 45 heavy (non-hydrogen) atoms. The Balaban J connectivity index is 1.37. The van der Waals surface area contributed by atoms with Crippen LogP contribution >= 0.6 is 0 Å². The van der Waals surface area contributed by atoms with Gasteiger partial charge in [-0.25, -0.2) is 0 Å². The van der Waals surface area contributed by atoms with Crippen molar-refractivity contribution in [3.63, 3.8) is 0 Å². The Morgan fingerprint density at radius 3 is 1.60 bits per heavy atom. The first-order chi connectivity index (χ1) is 22.0. The predicted octanol–water partition coefficient (Wildman–Crippen LogP) is 12.9. The van der Waals surface area contributed by atoms with E-state index in [1.54, 1.807) is 0 Å². The van der Waals surface area contributed by atoms with Crippen molar-refractivity contribution >= 4 is 64.6 Å². The van der Waals surface area contributed by atoms with Gasteiger partial charge in [-0.15, -0.1) is 0 Å². The average Bonchev–Trinajstić information content (AvgIpc) is 3.07. The van der Waals surface area contributed by atoms with Crippen molar-refractivity contribution < 1.29 is 0 Å². The first-order valence-electron chi connectivity index (χ1n) is 15.8. The van der Waals surface area contributed by atoms with E-state index in [1.807, 2.05) is 0 Å². The fraction of sp³-hybridized carbons (Fsp3) is 0.0667. The molecule has 0 heteroatoms. The maximum absolute atomic E-state index is 2.46. The zero-order valence-corrected chi connectivity index (χ0v) is 25.8. The van der Waals surface area contributed by atoms with Gasteiger partial charge in [0, 0.05) is 0 Å². The molecular weight excluding hydrogens is 540 g/mol. The van der Waals surface area contributed by atoms with Crippen molar-refractivity contribution in [3.8, 4) is 22.3 Å². The van der Waals surface area contributed by atoms with E-state index < -0.39 is 0 Å². The summed E-state index contributed by atoms with van der Waals surface area (Å²) in [5.74, 6) is 0. The van der Waals surface area contributed by atoms with E-state index >= 15 is 0 Å². The number of rotatable bonds is 2. The summed E-state index contributed by atoms with van der Waals surface area (Å²) in [6.07, 6.45) is 0. The molecule has 0 radical (unpaired) electrons. The number of hydrogen-bond donors (Lipinski definition) is 0. The van der Waals surface area contributed by atoms with Gasteiger partial charge in [-0.2, -0.15) is 0 Å². The highest BCUT2D eigenvalue weighted by atomic mass is 14.2. The number of aryl methyl sites for hydroxylation is 3. The summed E-state index contributed by atoms with van der Waals surface area (Å²) in [6.45, 7) is 6.72. The van der Waals surface area contributed by atoms with Crippen LogP contribution in [0.25, 0.3) is 86.9 Å². The van der Waals surface area contributed by atoms with Gasteiger partial charge in [0.15, 0.2) is 0 Å². The summed E-state index contributed by atoms with van der Waals surface area (Å²) in [5.41, 5.74) is 9.06. The van der Waals surface area contributed by atoms with Gasteiger partial charge in [0.1, 0.15) is 0 Å². The highest BCUT2D eigenvalue weighted by molar-refractivity contribution is 6.19. The Morgan fingerprint density at radius 2 is 0.800 bits per heavy atom. The van der Waals surface area contributed by atoms with Gasteiger partial charge in [0.05, 0.1) is 0 Å². The quantitative estimate of drug-likeness (QED) is 0.181. The zero-order valence-electron chi connectivity index (χ0n) is 25.8. The van der Waals surface area contributed by atoms with Gasteiger partial charge in [-0.05, 0) is 143 Å². The molecule has 0 aromatic heterocycles. The maximum atomic E-state index is 2.46. The Hall–Kier alpha value is -5.46. The van der Waals surface area contributed by atoms with E-state index in [-0.39, 0.29) is 0 Å². The second kappa shape index (κ2) is 9.78. The van der Waals surface area contributed by atoms with Crippen LogP contribution in [0.1, 0.15) is 16.7 Å². The van der Waals surface area contributed by atoms with E-state index in [9.17, 15) is 0 Å². The summed E-state index contributed by atoms with van der Waals surface area (Å²) in [6, 6.07) is 52.3. The third-order valence-electron chi connectivity index (χ3n) is 9.89. The highest BCUT2D eigenvalue weighted by Crippen LogP contribution is 2.43. The number of benzene rings is 9. The Kier molecular flexibility index (Phi) is 5.64. The molecule has 0 aliphatic rings. The summed E-state index contributed by atoms with van der Waals surface area (Å²) in [4.78, 5) is 0. The molecule has 0 spiro atoms. The first kappa shape index (κ1) is 26.0. The van der Waals surface area contributed by atoms with E-state index in [0.717, 1.165) is 0 Å². The van der Waals surface area contributed by atoms with Crippen LogP contribution in [0.15, 0.2) is 140 Å². The molecule has 0 aliphatic heterocycles. The normalized spacial score (nSPS) is 11.9. The van der Waals surface area contributed by atoms with E-state index in [2.05, 4.69) is 160 Å². The molecule has 212 valence electrons. The molecule has 0 N–H and O–H groups in total. The van der Waals surface area contributed by atoms with Crippen molar-refractivity contribution in [2.24, 2.45) is 0 Å². The molecule has 0 saturated carbocycles. The topological polar surface area (TPSA) is 0 Å². The summed E-state index contributed by atoms with van der Waals surface area (Å²) in [5, 5.41) is 15.6. The van der Waals surface area contributed by atoms with Gasteiger partial charge in [-0.3, -0.25) is 0 Å². The predicted molar refractivity (Wildman–Crippen MR) is 197 cm³/mol. The van der Waals surface area contributed by atoms with Gasteiger partial charge >= 0.3 is 0 Å². The first-order valence-corrected chi connectivity index (χ1v) is 15.8. The Bertz CT molecular complexity index is 2670. The minimum atomic E-state index is 1.27. The minimum absolute atomic E-state index is 1.27. The Morgan fingerprint density at radius 1 is 0.267 bits per heavy atom. The molecule has 0 aliphatic carbocycles. The van der Waals surface area contributed by atoms with Crippen molar-refractivity contribution in [2.45, 2.75) is 20.8 Å². The van der Waals surface area contributed by atoms with Crippen molar-refractivity contribution in [2.75, 3.05) is 0 Å². The Labute approximate surface area is 263 Å². The van der Waals surface area contributed by atoms with Crippen LogP contribution in [0, 0.1) is 20.8 Å². The second-order valence-corrected chi connectivity index (χ2v) is 12.7. The fourth-order valence-electron chi connectivity index (χ4n) is 7.68. The number of hydrogen-bond acceptors (Lipinski definition) is 0. The highest BCUT2D eigenvalue weighted by Gasteiger charge is 2.17. The molecule has 0 amide bonds. The molecule has 9 rings (SSSR count). The molecule has 0 heterocycles. The summed E-state index contributed by atoms with van der Waals surface area (Å²) >= 11 is 0. The van der Waals surface area contributed by atoms with Crippen LogP contribution in [0.5, 0.6) is 0 Å². The van der Waals surface area contributed by atoms with Crippen molar-refractivity contribution in [1.82, 2.24) is 0 Å². The third kappa shape index (κ3) is 3.99. The number of fused-ring (bicyclic) bond motifs is 9. The van der Waals surface area contributed by atoms with Gasteiger partial charge in [0.25, 0.3) is 0 Å². The minimum Gasteiger partial charge on any atom is -0.0616 e. The standard InChI is InChI=1S/C45H32/c1-27-16-19-36-33(20-27)24-43(38-15-9-8-14-37(36)38)40-26-45-35-13-7-5-11-31(35)23-44(42(45)22-29(40)3)39-25-41-32(21-28(39)2)18-17-30-10-4-6-12-34(30)41/h4-26H,1-3H3. The van der Waals surface area contributed by atoms with Gasteiger partial charge in [0.2, 0.25) is 0 Å². The third-order valence-corrected chi connectivity index (χ3v) is 9.89. The van der Waals surface area contributed by atoms with Crippen LogP contribution in [0.2, 0.25) is 0 Å².